The van der Waals surface area contributed by atoms with E-state index in [2.05, 4.69) is 34.6 Å². The van der Waals surface area contributed by atoms with Crippen molar-refractivity contribution < 1.29 is 24.5 Å². The Bertz CT molecular complexity index is 1040. The van der Waals surface area contributed by atoms with E-state index in [0.29, 0.717) is 11.4 Å². The number of nitrogens with zero attached hydrogens (tertiary/aromatic N) is 1. The molecule has 0 aliphatic heterocycles. The summed E-state index contributed by atoms with van der Waals surface area (Å²) in [6.07, 6.45) is -1.07. The SMILES string of the molecule is COc1cc(C(O)C(O)CCNC(=O)OCC2c3ccccc3-c3ccccc32)ccn1. The molecule has 0 saturated carbocycles. The fourth-order valence-electron chi connectivity index (χ4n) is 4.07. The average Bonchev–Trinajstić information content (AvgIpc) is 3.16. The largest absolute Gasteiger partial charge is 0.481 e. The number of aromatic nitrogens is 1. The molecule has 0 saturated heterocycles. The zero-order valence-electron chi connectivity index (χ0n) is 17.8. The molecule has 3 N–H and O–H groups in total. The minimum absolute atomic E-state index is 0.0118. The fourth-order valence-corrected chi connectivity index (χ4v) is 4.07. The molecule has 0 spiro atoms. The van der Waals surface area contributed by atoms with Crippen LogP contribution in [0.15, 0.2) is 66.9 Å². The molecule has 1 aliphatic rings. The third-order valence-electron chi connectivity index (χ3n) is 5.73. The van der Waals surface area contributed by atoms with Gasteiger partial charge in [-0.1, -0.05) is 48.5 Å². The Labute approximate surface area is 186 Å². The number of aliphatic hydroxyl groups is 2. The van der Waals surface area contributed by atoms with Crippen molar-refractivity contribution in [2.45, 2.75) is 24.5 Å². The number of carbonyl (C=O) groups excluding carboxylic acids is 1. The van der Waals surface area contributed by atoms with Crippen molar-refractivity contribution in [2.75, 3.05) is 20.3 Å². The standard InChI is InChI=1S/C25H26N2O5/c1-31-23-14-16(10-12-26-23)24(29)22(28)11-13-27-25(30)32-15-21-19-8-4-2-6-17(19)18-7-3-5-9-20(18)21/h2-10,12,14,21-22,24,28-29H,11,13,15H2,1H3,(H,27,30). The van der Waals surface area contributed by atoms with Gasteiger partial charge >= 0.3 is 6.09 Å². The van der Waals surface area contributed by atoms with E-state index in [-0.39, 0.29) is 25.5 Å². The van der Waals surface area contributed by atoms with Crippen LogP contribution < -0.4 is 10.1 Å². The van der Waals surface area contributed by atoms with E-state index in [1.54, 1.807) is 12.1 Å². The van der Waals surface area contributed by atoms with Crippen LogP contribution in [0.4, 0.5) is 4.79 Å². The number of benzene rings is 2. The monoisotopic (exact) mass is 434 g/mol. The van der Waals surface area contributed by atoms with Gasteiger partial charge in [0.1, 0.15) is 12.7 Å². The van der Waals surface area contributed by atoms with Crippen LogP contribution in [0.3, 0.4) is 0 Å². The molecule has 7 heteroatoms. The summed E-state index contributed by atoms with van der Waals surface area (Å²) < 4.78 is 10.5. The number of rotatable bonds is 8. The summed E-state index contributed by atoms with van der Waals surface area (Å²) >= 11 is 0. The summed E-state index contributed by atoms with van der Waals surface area (Å²) in [4.78, 5) is 16.2. The van der Waals surface area contributed by atoms with Crippen LogP contribution in [0.2, 0.25) is 0 Å². The van der Waals surface area contributed by atoms with Crippen molar-refractivity contribution in [3.8, 4) is 17.0 Å². The summed E-state index contributed by atoms with van der Waals surface area (Å²) in [6.45, 7) is 0.388. The van der Waals surface area contributed by atoms with Gasteiger partial charge in [0.15, 0.2) is 0 Å². The van der Waals surface area contributed by atoms with Crippen molar-refractivity contribution in [3.63, 3.8) is 0 Å². The van der Waals surface area contributed by atoms with E-state index in [0.717, 1.165) is 11.1 Å². The molecule has 1 amide bonds. The summed E-state index contributed by atoms with van der Waals surface area (Å²) in [5, 5.41) is 23.2. The molecule has 0 fully saturated rings. The molecule has 2 unspecified atom stereocenters. The smallest absolute Gasteiger partial charge is 0.407 e. The maximum absolute atomic E-state index is 12.2. The quantitative estimate of drug-likeness (QED) is 0.502. The van der Waals surface area contributed by atoms with Gasteiger partial charge in [0.05, 0.1) is 13.2 Å². The molecule has 7 nitrogen and oxygen atoms in total. The first-order valence-electron chi connectivity index (χ1n) is 10.5. The van der Waals surface area contributed by atoms with Gasteiger partial charge in [-0.3, -0.25) is 0 Å². The molecular formula is C25H26N2O5. The minimum atomic E-state index is -1.11. The highest BCUT2D eigenvalue weighted by Crippen LogP contribution is 2.44. The number of aliphatic hydroxyl groups excluding tert-OH is 2. The van der Waals surface area contributed by atoms with E-state index >= 15 is 0 Å². The predicted octanol–water partition coefficient (Wildman–Crippen LogP) is 3.41. The van der Waals surface area contributed by atoms with Gasteiger partial charge in [0.2, 0.25) is 5.88 Å². The van der Waals surface area contributed by atoms with Gasteiger partial charge in [-0.05, 0) is 40.3 Å². The Balaban J connectivity index is 1.28. The third kappa shape index (κ3) is 4.59. The number of hydrogen-bond acceptors (Lipinski definition) is 6. The Kier molecular flexibility index (Phi) is 6.68. The molecule has 3 aromatic rings. The maximum Gasteiger partial charge on any atom is 0.407 e. The number of methoxy groups -OCH3 is 1. The highest BCUT2D eigenvalue weighted by atomic mass is 16.5. The number of carbonyl (C=O) groups is 1. The van der Waals surface area contributed by atoms with Gasteiger partial charge in [-0.2, -0.15) is 0 Å². The van der Waals surface area contributed by atoms with Gasteiger partial charge in [0, 0.05) is 24.7 Å². The molecule has 1 aliphatic carbocycles. The molecule has 166 valence electrons. The van der Waals surface area contributed by atoms with E-state index in [4.69, 9.17) is 9.47 Å². The van der Waals surface area contributed by atoms with Gasteiger partial charge in [-0.15, -0.1) is 0 Å². The summed E-state index contributed by atoms with van der Waals surface area (Å²) in [5.74, 6) is 0.341. The second-order valence-electron chi connectivity index (χ2n) is 7.68. The Hall–Kier alpha value is -3.42. The zero-order valence-corrected chi connectivity index (χ0v) is 17.8. The second-order valence-corrected chi connectivity index (χ2v) is 7.68. The van der Waals surface area contributed by atoms with Crippen molar-refractivity contribution in [1.29, 1.82) is 0 Å². The predicted molar refractivity (Wildman–Crippen MR) is 119 cm³/mol. The van der Waals surface area contributed by atoms with Crippen molar-refractivity contribution in [3.05, 3.63) is 83.6 Å². The van der Waals surface area contributed by atoms with E-state index in [1.807, 2.05) is 24.3 Å². The molecule has 1 aromatic heterocycles. The molecular weight excluding hydrogens is 408 g/mol. The highest BCUT2D eigenvalue weighted by Gasteiger charge is 2.29. The number of amides is 1. The van der Waals surface area contributed by atoms with Crippen LogP contribution in [0, 0.1) is 0 Å². The Morgan fingerprint density at radius 1 is 1.06 bits per heavy atom. The van der Waals surface area contributed by atoms with Gasteiger partial charge < -0.3 is 25.0 Å². The molecule has 0 radical (unpaired) electrons. The van der Waals surface area contributed by atoms with E-state index in [1.165, 1.54) is 24.4 Å². The van der Waals surface area contributed by atoms with Crippen LogP contribution in [0.5, 0.6) is 5.88 Å². The number of fused-ring (bicyclic) bond motifs is 3. The van der Waals surface area contributed by atoms with Crippen LogP contribution in [0.25, 0.3) is 11.1 Å². The third-order valence-corrected chi connectivity index (χ3v) is 5.73. The highest BCUT2D eigenvalue weighted by molar-refractivity contribution is 5.79. The lowest BCUT2D eigenvalue weighted by Gasteiger charge is -2.19. The molecule has 2 aromatic carbocycles. The average molecular weight is 434 g/mol. The van der Waals surface area contributed by atoms with E-state index < -0.39 is 18.3 Å². The zero-order chi connectivity index (χ0) is 22.5. The van der Waals surface area contributed by atoms with Crippen LogP contribution >= 0.6 is 0 Å². The number of alkyl carbamates (subject to hydrolysis) is 1. The lowest BCUT2D eigenvalue weighted by atomic mass is 9.98. The number of pyridine rings is 1. The second kappa shape index (κ2) is 9.80. The van der Waals surface area contributed by atoms with Crippen LogP contribution in [-0.4, -0.2) is 47.7 Å². The fraction of sp³-hybridized carbons (Fsp3) is 0.280. The summed E-state index contributed by atoms with van der Waals surface area (Å²) in [7, 11) is 1.48. The minimum Gasteiger partial charge on any atom is -0.481 e. The Morgan fingerprint density at radius 3 is 2.38 bits per heavy atom. The van der Waals surface area contributed by atoms with Gasteiger partial charge in [-0.25, -0.2) is 9.78 Å². The van der Waals surface area contributed by atoms with Crippen LogP contribution in [0.1, 0.15) is 35.1 Å². The first kappa shape index (κ1) is 21.8. The molecule has 0 bridgehead atoms. The lowest BCUT2D eigenvalue weighted by molar-refractivity contribution is 0.0135. The lowest BCUT2D eigenvalue weighted by Crippen LogP contribution is -2.30. The molecule has 1 heterocycles. The summed E-state index contributed by atoms with van der Waals surface area (Å²) in [5.41, 5.74) is 5.12. The van der Waals surface area contributed by atoms with E-state index in [9.17, 15) is 15.0 Å². The summed E-state index contributed by atoms with van der Waals surface area (Å²) in [6, 6.07) is 19.5. The number of hydrogen-bond donors (Lipinski definition) is 3. The first-order chi connectivity index (χ1) is 15.6. The normalized spacial score (nSPS) is 14.2. The topological polar surface area (TPSA) is 101 Å². The maximum atomic E-state index is 12.2. The Morgan fingerprint density at radius 2 is 1.72 bits per heavy atom. The molecule has 2 atom stereocenters. The van der Waals surface area contributed by atoms with Crippen molar-refractivity contribution in [2.24, 2.45) is 0 Å². The van der Waals surface area contributed by atoms with Crippen molar-refractivity contribution >= 4 is 6.09 Å². The number of nitrogens with one attached hydrogen (secondary N) is 1. The molecule has 4 rings (SSSR count). The van der Waals surface area contributed by atoms with Gasteiger partial charge in [0.25, 0.3) is 0 Å². The van der Waals surface area contributed by atoms with Crippen LogP contribution in [-0.2, 0) is 4.74 Å². The first-order valence-corrected chi connectivity index (χ1v) is 10.5. The number of ether oxygens (including phenoxy) is 2. The van der Waals surface area contributed by atoms with Crippen molar-refractivity contribution in [1.82, 2.24) is 10.3 Å². The molecule has 32 heavy (non-hydrogen) atoms.